The molecule has 1 aromatic rings. The Morgan fingerprint density at radius 3 is 2.42 bits per heavy atom. The number of nitrogens with zero attached hydrogens (tertiary/aromatic N) is 1. The average molecular weight is 165 g/mol. The molecule has 0 saturated heterocycles. The first kappa shape index (κ1) is 8.19. The van der Waals surface area contributed by atoms with Crippen molar-refractivity contribution in [2.45, 2.75) is 0 Å². The molecule has 0 heterocycles. The van der Waals surface area contributed by atoms with Crippen LogP contribution in [0.5, 0.6) is 0 Å². The molecule has 2 N–H and O–H groups in total. The lowest BCUT2D eigenvalue weighted by atomic mass is 10.2. The van der Waals surface area contributed by atoms with E-state index in [1.807, 2.05) is 5.43 Å². The lowest BCUT2D eigenvalue weighted by Gasteiger charge is -1.96. The van der Waals surface area contributed by atoms with Gasteiger partial charge < -0.3 is 5.41 Å². The maximum absolute atomic E-state index is 9.97. The Kier molecular flexibility index (Phi) is 2.37. The smallest absolute Gasteiger partial charge is 0.162 e. The van der Waals surface area contributed by atoms with Gasteiger partial charge in [0.1, 0.15) is 5.69 Å². The van der Waals surface area contributed by atoms with Gasteiger partial charge in [-0.2, -0.15) is 0 Å². The topological polar surface area (TPSA) is 79.0 Å². The number of nitro groups is 1. The molecule has 0 aliphatic rings. The monoisotopic (exact) mass is 165 g/mol. The molecule has 0 bridgehead atoms. The fourth-order valence-corrected chi connectivity index (χ4v) is 0.759. The Labute approximate surface area is 68.7 Å². The van der Waals surface area contributed by atoms with E-state index in [0.29, 0.717) is 11.3 Å². The van der Waals surface area contributed by atoms with E-state index in [1.54, 1.807) is 24.3 Å². The van der Waals surface area contributed by atoms with E-state index in [9.17, 15) is 10.1 Å². The van der Waals surface area contributed by atoms with Crippen LogP contribution in [-0.4, -0.2) is 11.2 Å². The lowest BCUT2D eigenvalue weighted by molar-refractivity contribution is -0.445. The zero-order valence-electron chi connectivity index (χ0n) is 6.15. The largest absolute Gasteiger partial charge is 0.308 e. The van der Waals surface area contributed by atoms with Crippen LogP contribution in [0.3, 0.4) is 0 Å². The van der Waals surface area contributed by atoms with Gasteiger partial charge in [0.25, 0.3) is 0 Å². The van der Waals surface area contributed by atoms with Gasteiger partial charge in [-0.3, -0.25) is 0 Å². The summed E-state index contributed by atoms with van der Waals surface area (Å²) in [5, 5.41) is 16.2. The average Bonchev–Trinajstić information content (AvgIpc) is 2.05. The normalized spacial score (nSPS) is 9.00. The van der Waals surface area contributed by atoms with E-state index in [2.05, 4.69) is 0 Å². The Bertz CT molecular complexity index is 294. The van der Waals surface area contributed by atoms with Crippen molar-refractivity contribution in [3.8, 4) is 0 Å². The highest BCUT2D eigenvalue weighted by atomic mass is 16.7. The quantitative estimate of drug-likeness (QED) is 0.402. The summed E-state index contributed by atoms with van der Waals surface area (Å²) in [4.78, 5) is 9.97. The van der Waals surface area contributed by atoms with Crippen LogP contribution in [0.15, 0.2) is 24.3 Å². The zero-order chi connectivity index (χ0) is 8.97. The minimum atomic E-state index is -0.626. The van der Waals surface area contributed by atoms with Crippen LogP contribution >= 0.6 is 0 Å². The van der Waals surface area contributed by atoms with Crippen molar-refractivity contribution in [3.05, 3.63) is 39.9 Å². The minimum Gasteiger partial charge on any atom is -0.308 e. The van der Waals surface area contributed by atoms with E-state index >= 15 is 0 Å². The predicted molar refractivity (Wildman–Crippen MR) is 44.9 cm³/mol. The van der Waals surface area contributed by atoms with E-state index in [4.69, 9.17) is 5.41 Å². The van der Waals surface area contributed by atoms with Crippen molar-refractivity contribution >= 4 is 11.9 Å². The number of anilines is 1. The van der Waals surface area contributed by atoms with Crippen molar-refractivity contribution in [2.75, 3.05) is 5.43 Å². The van der Waals surface area contributed by atoms with Crippen molar-refractivity contribution in [2.24, 2.45) is 0 Å². The maximum atomic E-state index is 9.97. The summed E-state index contributed by atoms with van der Waals surface area (Å²) in [5.74, 6) is 0. The van der Waals surface area contributed by atoms with Gasteiger partial charge in [-0.25, -0.2) is 10.1 Å². The molecule has 1 rings (SSSR count). The van der Waals surface area contributed by atoms with Crippen molar-refractivity contribution < 1.29 is 5.03 Å². The van der Waals surface area contributed by atoms with Crippen molar-refractivity contribution in [1.82, 2.24) is 0 Å². The molecule has 0 atom stereocenters. The third-order valence-electron chi connectivity index (χ3n) is 1.30. The van der Waals surface area contributed by atoms with Gasteiger partial charge in [-0.15, -0.1) is 5.43 Å². The third-order valence-corrected chi connectivity index (χ3v) is 1.30. The molecular weight excluding hydrogens is 158 g/mol. The second-order valence-corrected chi connectivity index (χ2v) is 2.14. The molecule has 0 amide bonds. The highest BCUT2D eigenvalue weighted by Crippen LogP contribution is 2.07. The zero-order valence-corrected chi connectivity index (χ0v) is 6.15. The summed E-state index contributed by atoms with van der Waals surface area (Å²) < 4.78 is 0. The number of benzene rings is 1. The Hall–Kier alpha value is -1.91. The molecule has 62 valence electrons. The van der Waals surface area contributed by atoms with Gasteiger partial charge in [-0.05, 0) is 17.7 Å². The van der Waals surface area contributed by atoms with E-state index in [0.717, 1.165) is 0 Å². The Balaban J connectivity index is 2.77. The standard InChI is InChI=1S/C7H7N3O2/c8-5-6-1-3-7(4-2-6)9-10(11)12/h1-5,8-9H. The Morgan fingerprint density at radius 1 is 1.42 bits per heavy atom. The van der Waals surface area contributed by atoms with Crippen molar-refractivity contribution in [3.63, 3.8) is 0 Å². The van der Waals surface area contributed by atoms with Gasteiger partial charge in [0, 0.05) is 6.21 Å². The molecule has 0 saturated carbocycles. The SMILES string of the molecule is N=Cc1ccc(N[N+](=O)[O-])cc1. The second-order valence-electron chi connectivity index (χ2n) is 2.14. The second kappa shape index (κ2) is 3.47. The summed E-state index contributed by atoms with van der Waals surface area (Å²) in [6.45, 7) is 0. The Morgan fingerprint density at radius 2 is 2.00 bits per heavy atom. The van der Waals surface area contributed by atoms with Crippen LogP contribution in [0.1, 0.15) is 5.56 Å². The first-order valence-corrected chi connectivity index (χ1v) is 3.24. The number of hydrazine groups is 1. The molecule has 0 aromatic heterocycles. The molecule has 5 nitrogen and oxygen atoms in total. The van der Waals surface area contributed by atoms with E-state index in [1.165, 1.54) is 6.21 Å². The minimum absolute atomic E-state index is 0.408. The first-order valence-electron chi connectivity index (χ1n) is 3.24. The van der Waals surface area contributed by atoms with Crippen LogP contribution in [0, 0.1) is 15.5 Å². The molecule has 0 unspecified atom stereocenters. The van der Waals surface area contributed by atoms with E-state index in [-0.39, 0.29) is 0 Å². The molecule has 0 radical (unpaired) electrons. The maximum Gasteiger partial charge on any atom is 0.162 e. The van der Waals surface area contributed by atoms with Gasteiger partial charge >= 0.3 is 0 Å². The van der Waals surface area contributed by atoms with Crippen LogP contribution in [0.2, 0.25) is 0 Å². The summed E-state index contributed by atoms with van der Waals surface area (Å²) in [6.07, 6.45) is 1.18. The summed E-state index contributed by atoms with van der Waals surface area (Å²) in [6, 6.07) is 6.34. The van der Waals surface area contributed by atoms with E-state index < -0.39 is 5.03 Å². The lowest BCUT2D eigenvalue weighted by Crippen LogP contribution is -2.07. The number of rotatable bonds is 3. The summed E-state index contributed by atoms with van der Waals surface area (Å²) >= 11 is 0. The van der Waals surface area contributed by atoms with Crippen molar-refractivity contribution in [1.29, 1.82) is 5.41 Å². The molecule has 5 heteroatoms. The summed E-state index contributed by atoms with van der Waals surface area (Å²) in [5.41, 5.74) is 3.12. The van der Waals surface area contributed by atoms with Crippen LogP contribution < -0.4 is 5.43 Å². The van der Waals surface area contributed by atoms with Crippen LogP contribution in [0.4, 0.5) is 5.69 Å². The number of hydrogen-bond acceptors (Lipinski definition) is 3. The van der Waals surface area contributed by atoms with Gasteiger partial charge in [0.15, 0.2) is 5.03 Å². The fraction of sp³-hybridized carbons (Fsp3) is 0. The molecular formula is C7H7N3O2. The van der Waals surface area contributed by atoms with Gasteiger partial charge in [0.05, 0.1) is 0 Å². The molecule has 0 aliphatic heterocycles. The molecule has 12 heavy (non-hydrogen) atoms. The molecule has 0 fully saturated rings. The third kappa shape index (κ3) is 2.05. The summed E-state index contributed by atoms with van der Waals surface area (Å²) in [7, 11) is 0. The highest BCUT2D eigenvalue weighted by Gasteiger charge is 1.96. The molecule has 0 spiro atoms. The number of nitrogens with one attached hydrogen (secondary N) is 2. The molecule has 0 aliphatic carbocycles. The van der Waals surface area contributed by atoms with Gasteiger partial charge in [-0.1, -0.05) is 12.1 Å². The van der Waals surface area contributed by atoms with Gasteiger partial charge in [0.2, 0.25) is 0 Å². The van der Waals surface area contributed by atoms with Crippen LogP contribution in [0.25, 0.3) is 0 Å². The number of hydrogen-bond donors (Lipinski definition) is 2. The molecule has 1 aromatic carbocycles. The van der Waals surface area contributed by atoms with Crippen LogP contribution in [-0.2, 0) is 0 Å². The predicted octanol–water partition coefficient (Wildman–Crippen LogP) is 1.29. The highest BCUT2D eigenvalue weighted by molar-refractivity contribution is 5.77. The fourth-order valence-electron chi connectivity index (χ4n) is 0.759. The first-order chi connectivity index (χ1) is 5.72.